The lowest BCUT2D eigenvalue weighted by molar-refractivity contribution is -0.131. The predicted molar refractivity (Wildman–Crippen MR) is 111 cm³/mol. The van der Waals surface area contributed by atoms with Gasteiger partial charge in [0.25, 0.3) is 0 Å². The molecular formula is C22H29N3O3. The number of nitrogens with zero attached hydrogens (tertiary/aromatic N) is 3. The SMILES string of the molecule is COc1ccc(CN(C)C(=O)CN2CCN(c3ccccc3)CC2)cc1OC. The van der Waals surface area contributed by atoms with Crippen LogP contribution in [-0.4, -0.2) is 69.7 Å². The molecule has 3 rings (SSSR count). The molecule has 0 N–H and O–H groups in total. The largest absolute Gasteiger partial charge is 0.493 e. The Morgan fingerprint density at radius 1 is 0.964 bits per heavy atom. The summed E-state index contributed by atoms with van der Waals surface area (Å²) in [4.78, 5) is 19.0. The smallest absolute Gasteiger partial charge is 0.236 e. The second-order valence-electron chi connectivity index (χ2n) is 7.04. The van der Waals surface area contributed by atoms with E-state index in [0.717, 1.165) is 31.7 Å². The van der Waals surface area contributed by atoms with E-state index in [1.54, 1.807) is 19.1 Å². The van der Waals surface area contributed by atoms with Crippen molar-refractivity contribution in [3.05, 3.63) is 54.1 Å². The molecule has 0 saturated carbocycles. The Bertz CT molecular complexity index is 774. The van der Waals surface area contributed by atoms with Crippen molar-refractivity contribution >= 4 is 11.6 Å². The van der Waals surface area contributed by atoms with E-state index in [2.05, 4.69) is 34.1 Å². The number of likely N-dealkylation sites (N-methyl/N-ethyl adjacent to an activating group) is 1. The predicted octanol–water partition coefficient (Wildman–Crippen LogP) is 2.48. The normalized spacial score (nSPS) is 14.6. The summed E-state index contributed by atoms with van der Waals surface area (Å²) in [6.45, 7) is 4.67. The van der Waals surface area contributed by atoms with E-state index in [9.17, 15) is 4.79 Å². The Morgan fingerprint density at radius 2 is 1.64 bits per heavy atom. The number of ether oxygens (including phenoxy) is 2. The molecule has 6 nitrogen and oxygen atoms in total. The lowest BCUT2D eigenvalue weighted by Crippen LogP contribution is -2.49. The number of hydrogen-bond acceptors (Lipinski definition) is 5. The minimum Gasteiger partial charge on any atom is -0.493 e. The van der Waals surface area contributed by atoms with Crippen LogP contribution in [0, 0.1) is 0 Å². The minimum atomic E-state index is 0.128. The third kappa shape index (κ3) is 4.95. The standard InChI is InChI=1S/C22H29N3O3/c1-23(16-18-9-10-20(27-2)21(15-18)28-3)22(26)17-24-11-13-25(14-12-24)19-7-5-4-6-8-19/h4-10,15H,11-14,16-17H2,1-3H3. The fourth-order valence-electron chi connectivity index (χ4n) is 3.46. The first-order valence-electron chi connectivity index (χ1n) is 9.58. The number of anilines is 1. The van der Waals surface area contributed by atoms with Gasteiger partial charge in [-0.05, 0) is 29.8 Å². The summed E-state index contributed by atoms with van der Waals surface area (Å²) in [7, 11) is 5.08. The van der Waals surface area contributed by atoms with Gasteiger partial charge in [-0.3, -0.25) is 9.69 Å². The van der Waals surface area contributed by atoms with Gasteiger partial charge in [0.05, 0.1) is 20.8 Å². The summed E-state index contributed by atoms with van der Waals surface area (Å²) in [5.41, 5.74) is 2.27. The fraction of sp³-hybridized carbons (Fsp3) is 0.409. The highest BCUT2D eigenvalue weighted by Gasteiger charge is 2.21. The molecule has 1 heterocycles. The first kappa shape index (κ1) is 20.0. The average Bonchev–Trinajstić information content (AvgIpc) is 2.74. The Morgan fingerprint density at radius 3 is 2.29 bits per heavy atom. The monoisotopic (exact) mass is 383 g/mol. The summed E-state index contributed by atoms with van der Waals surface area (Å²) in [5, 5.41) is 0. The number of piperazine rings is 1. The maximum Gasteiger partial charge on any atom is 0.236 e. The van der Waals surface area contributed by atoms with E-state index in [1.165, 1.54) is 5.69 Å². The summed E-state index contributed by atoms with van der Waals surface area (Å²) in [5.74, 6) is 1.50. The van der Waals surface area contributed by atoms with Gasteiger partial charge in [0.2, 0.25) is 5.91 Å². The van der Waals surface area contributed by atoms with Crippen LogP contribution in [0.1, 0.15) is 5.56 Å². The molecule has 0 bridgehead atoms. The van der Waals surface area contributed by atoms with Crippen LogP contribution in [0.3, 0.4) is 0 Å². The molecule has 28 heavy (non-hydrogen) atoms. The number of rotatable bonds is 7. The third-order valence-corrected chi connectivity index (χ3v) is 5.15. The molecule has 0 spiro atoms. The third-order valence-electron chi connectivity index (χ3n) is 5.15. The number of para-hydroxylation sites is 1. The van der Waals surface area contributed by atoms with Gasteiger partial charge in [-0.15, -0.1) is 0 Å². The van der Waals surface area contributed by atoms with E-state index in [1.807, 2.05) is 31.3 Å². The summed E-state index contributed by atoms with van der Waals surface area (Å²) in [6.07, 6.45) is 0. The molecule has 1 amide bonds. The second-order valence-corrected chi connectivity index (χ2v) is 7.04. The van der Waals surface area contributed by atoms with Crippen LogP contribution < -0.4 is 14.4 Å². The Balaban J connectivity index is 1.50. The molecule has 150 valence electrons. The summed E-state index contributed by atoms with van der Waals surface area (Å²) in [6, 6.07) is 16.2. The molecular weight excluding hydrogens is 354 g/mol. The molecule has 1 aliphatic rings. The molecule has 1 saturated heterocycles. The lowest BCUT2D eigenvalue weighted by Gasteiger charge is -2.36. The number of carbonyl (C=O) groups excluding carboxylic acids is 1. The molecule has 0 aliphatic carbocycles. The van der Waals surface area contributed by atoms with Gasteiger partial charge in [-0.1, -0.05) is 24.3 Å². The topological polar surface area (TPSA) is 45.2 Å². The van der Waals surface area contributed by atoms with E-state index >= 15 is 0 Å². The van der Waals surface area contributed by atoms with Crippen LogP contribution in [0.15, 0.2) is 48.5 Å². The molecule has 6 heteroatoms. The van der Waals surface area contributed by atoms with E-state index in [-0.39, 0.29) is 5.91 Å². The van der Waals surface area contributed by atoms with Crippen molar-refractivity contribution in [3.8, 4) is 11.5 Å². The van der Waals surface area contributed by atoms with Gasteiger partial charge >= 0.3 is 0 Å². The van der Waals surface area contributed by atoms with Crippen molar-refractivity contribution in [3.63, 3.8) is 0 Å². The van der Waals surface area contributed by atoms with E-state index in [0.29, 0.717) is 24.6 Å². The van der Waals surface area contributed by atoms with Crippen molar-refractivity contribution in [2.24, 2.45) is 0 Å². The maximum absolute atomic E-state index is 12.7. The van der Waals surface area contributed by atoms with Gasteiger partial charge in [0.15, 0.2) is 11.5 Å². The first-order chi connectivity index (χ1) is 13.6. The molecule has 1 aliphatic heterocycles. The zero-order valence-corrected chi connectivity index (χ0v) is 16.9. The number of benzene rings is 2. The summed E-state index contributed by atoms with van der Waals surface area (Å²) < 4.78 is 10.6. The van der Waals surface area contributed by atoms with Gasteiger partial charge < -0.3 is 19.3 Å². The highest BCUT2D eigenvalue weighted by molar-refractivity contribution is 5.78. The van der Waals surface area contributed by atoms with Gasteiger partial charge in [0, 0.05) is 45.5 Å². The maximum atomic E-state index is 12.7. The van der Waals surface area contributed by atoms with Crippen molar-refractivity contribution in [2.75, 3.05) is 58.9 Å². The molecule has 2 aromatic carbocycles. The van der Waals surface area contributed by atoms with Crippen LogP contribution in [0.5, 0.6) is 11.5 Å². The fourth-order valence-corrected chi connectivity index (χ4v) is 3.46. The number of amides is 1. The molecule has 0 radical (unpaired) electrons. The molecule has 0 aromatic heterocycles. The van der Waals surface area contributed by atoms with Gasteiger partial charge in [-0.2, -0.15) is 0 Å². The number of carbonyl (C=O) groups is 1. The van der Waals surface area contributed by atoms with Crippen molar-refractivity contribution in [2.45, 2.75) is 6.54 Å². The van der Waals surface area contributed by atoms with Gasteiger partial charge in [-0.25, -0.2) is 0 Å². The van der Waals surface area contributed by atoms with Crippen molar-refractivity contribution in [1.82, 2.24) is 9.80 Å². The molecule has 0 atom stereocenters. The first-order valence-corrected chi connectivity index (χ1v) is 9.58. The zero-order chi connectivity index (χ0) is 19.9. The quantitative estimate of drug-likeness (QED) is 0.735. The van der Waals surface area contributed by atoms with E-state index < -0.39 is 0 Å². The van der Waals surface area contributed by atoms with Gasteiger partial charge in [0.1, 0.15) is 0 Å². The van der Waals surface area contributed by atoms with Crippen molar-refractivity contribution < 1.29 is 14.3 Å². The minimum absolute atomic E-state index is 0.128. The number of methoxy groups -OCH3 is 2. The van der Waals surface area contributed by atoms with Crippen LogP contribution in [0.2, 0.25) is 0 Å². The van der Waals surface area contributed by atoms with Crippen LogP contribution in [0.25, 0.3) is 0 Å². The molecule has 0 unspecified atom stereocenters. The van der Waals surface area contributed by atoms with Crippen LogP contribution in [-0.2, 0) is 11.3 Å². The molecule has 1 fully saturated rings. The van der Waals surface area contributed by atoms with Crippen LogP contribution >= 0.6 is 0 Å². The molecule has 2 aromatic rings. The average molecular weight is 383 g/mol. The lowest BCUT2D eigenvalue weighted by atomic mass is 10.2. The zero-order valence-electron chi connectivity index (χ0n) is 16.9. The Kier molecular flexibility index (Phi) is 6.76. The highest BCUT2D eigenvalue weighted by atomic mass is 16.5. The van der Waals surface area contributed by atoms with Crippen LogP contribution in [0.4, 0.5) is 5.69 Å². The summed E-state index contributed by atoms with van der Waals surface area (Å²) >= 11 is 0. The highest BCUT2D eigenvalue weighted by Crippen LogP contribution is 2.28. The van der Waals surface area contributed by atoms with Crippen molar-refractivity contribution in [1.29, 1.82) is 0 Å². The Labute approximate surface area is 167 Å². The second kappa shape index (κ2) is 9.46. The number of hydrogen-bond donors (Lipinski definition) is 0. The Hall–Kier alpha value is -2.73. The van der Waals surface area contributed by atoms with E-state index in [4.69, 9.17) is 9.47 Å².